The van der Waals surface area contributed by atoms with E-state index in [-0.39, 0.29) is 25.2 Å². The fourth-order valence-corrected chi connectivity index (χ4v) is 2.89. The van der Waals surface area contributed by atoms with Crippen LogP contribution in [0.15, 0.2) is 36.4 Å². The predicted molar refractivity (Wildman–Crippen MR) is 98.7 cm³/mol. The summed E-state index contributed by atoms with van der Waals surface area (Å²) in [4.78, 5) is 24.6. The number of nitrogens with one attached hydrogen (secondary N) is 2. The fourth-order valence-electron chi connectivity index (χ4n) is 2.89. The Labute approximate surface area is 152 Å². The van der Waals surface area contributed by atoms with E-state index in [0.717, 1.165) is 29.7 Å². The molecule has 6 heteroatoms. The highest BCUT2D eigenvalue weighted by Gasteiger charge is 2.17. The topological polar surface area (TPSA) is 76.7 Å². The summed E-state index contributed by atoms with van der Waals surface area (Å²) < 4.78 is 10.5. The average Bonchev–Trinajstić information content (AvgIpc) is 3.14. The van der Waals surface area contributed by atoms with Gasteiger partial charge in [-0.2, -0.15) is 0 Å². The molecule has 136 valence electrons. The third-order valence-corrected chi connectivity index (χ3v) is 4.31. The highest BCUT2D eigenvalue weighted by molar-refractivity contribution is 6.00. The Morgan fingerprint density at radius 1 is 1.00 bits per heavy atom. The third-order valence-electron chi connectivity index (χ3n) is 4.31. The molecule has 2 amide bonds. The largest absolute Gasteiger partial charge is 0.454 e. The first-order valence-electron chi connectivity index (χ1n) is 8.70. The second-order valence-corrected chi connectivity index (χ2v) is 5.96. The lowest BCUT2D eigenvalue weighted by molar-refractivity contribution is -0.115. The Hall–Kier alpha value is -3.02. The van der Waals surface area contributed by atoms with Crippen molar-refractivity contribution in [3.05, 3.63) is 53.1 Å². The van der Waals surface area contributed by atoms with E-state index in [0.29, 0.717) is 17.1 Å². The highest BCUT2D eigenvalue weighted by Crippen LogP contribution is 2.32. The summed E-state index contributed by atoms with van der Waals surface area (Å²) in [5, 5.41) is 5.57. The van der Waals surface area contributed by atoms with Crippen molar-refractivity contribution >= 4 is 17.5 Å². The van der Waals surface area contributed by atoms with E-state index in [1.807, 2.05) is 32.0 Å². The minimum Gasteiger partial charge on any atom is -0.454 e. The predicted octanol–water partition coefficient (Wildman–Crippen LogP) is 2.91. The minimum atomic E-state index is -0.335. The van der Waals surface area contributed by atoms with Crippen molar-refractivity contribution < 1.29 is 19.1 Å². The average molecular weight is 354 g/mol. The molecule has 2 aromatic carbocycles. The molecule has 2 aromatic rings. The number of anilines is 1. The Kier molecular flexibility index (Phi) is 5.41. The first-order valence-corrected chi connectivity index (χ1v) is 8.70. The second-order valence-electron chi connectivity index (χ2n) is 5.96. The van der Waals surface area contributed by atoms with Crippen LogP contribution in [0, 0.1) is 0 Å². The number of hydrogen-bond acceptors (Lipinski definition) is 4. The zero-order chi connectivity index (χ0) is 18.5. The monoisotopic (exact) mass is 354 g/mol. The number of para-hydroxylation sites is 1. The third kappa shape index (κ3) is 3.79. The number of hydrogen-bond donors (Lipinski definition) is 2. The van der Waals surface area contributed by atoms with Crippen LogP contribution in [0.5, 0.6) is 11.5 Å². The standard InChI is InChI=1S/C20H22N2O4/c1-3-13-6-5-7-14(4-2)19(13)22-18(23)11-21-20(24)15-8-9-16-17(10-15)26-12-25-16/h5-10H,3-4,11-12H2,1-2H3,(H,21,24)(H,22,23). The van der Waals surface area contributed by atoms with Gasteiger partial charge in [-0.15, -0.1) is 0 Å². The molecule has 0 saturated carbocycles. The molecule has 1 aliphatic heterocycles. The molecule has 0 saturated heterocycles. The summed E-state index contributed by atoms with van der Waals surface area (Å²) in [5.74, 6) is 0.557. The van der Waals surface area contributed by atoms with E-state index < -0.39 is 0 Å². The van der Waals surface area contributed by atoms with Gasteiger partial charge < -0.3 is 20.1 Å². The molecule has 0 unspecified atom stereocenters. The fraction of sp³-hybridized carbons (Fsp3) is 0.300. The van der Waals surface area contributed by atoms with Crippen LogP contribution in [-0.2, 0) is 17.6 Å². The quantitative estimate of drug-likeness (QED) is 0.836. The maximum Gasteiger partial charge on any atom is 0.251 e. The summed E-state index contributed by atoms with van der Waals surface area (Å²) in [6.07, 6.45) is 1.65. The summed E-state index contributed by atoms with van der Waals surface area (Å²) in [6, 6.07) is 10.9. The van der Waals surface area contributed by atoms with E-state index in [9.17, 15) is 9.59 Å². The molecule has 0 spiro atoms. The Balaban J connectivity index is 1.62. The first kappa shape index (κ1) is 17.8. The molecular formula is C20H22N2O4. The van der Waals surface area contributed by atoms with E-state index >= 15 is 0 Å². The number of carbonyl (C=O) groups excluding carboxylic acids is 2. The molecule has 2 N–H and O–H groups in total. The van der Waals surface area contributed by atoms with Crippen LogP contribution in [0.3, 0.4) is 0 Å². The molecule has 6 nitrogen and oxygen atoms in total. The molecule has 0 aliphatic carbocycles. The second kappa shape index (κ2) is 7.91. The number of rotatable bonds is 6. The van der Waals surface area contributed by atoms with Crippen LogP contribution in [0.25, 0.3) is 0 Å². The first-order chi connectivity index (χ1) is 12.6. The molecular weight excluding hydrogens is 332 g/mol. The number of fused-ring (bicyclic) bond motifs is 1. The van der Waals surface area contributed by atoms with Crippen molar-refractivity contribution in [2.24, 2.45) is 0 Å². The van der Waals surface area contributed by atoms with Crippen molar-refractivity contribution in [2.75, 3.05) is 18.7 Å². The van der Waals surface area contributed by atoms with Crippen molar-refractivity contribution in [1.82, 2.24) is 5.32 Å². The maximum atomic E-state index is 12.3. The van der Waals surface area contributed by atoms with Crippen LogP contribution >= 0.6 is 0 Å². The molecule has 1 aliphatic rings. The molecule has 1 heterocycles. The number of benzene rings is 2. The van der Waals surface area contributed by atoms with Gasteiger partial charge in [0, 0.05) is 11.3 Å². The zero-order valence-electron chi connectivity index (χ0n) is 14.9. The number of ether oxygens (including phenoxy) is 2. The van der Waals surface area contributed by atoms with Gasteiger partial charge in [0.2, 0.25) is 12.7 Å². The van der Waals surface area contributed by atoms with Gasteiger partial charge in [-0.3, -0.25) is 9.59 Å². The summed E-state index contributed by atoms with van der Waals surface area (Å²) in [7, 11) is 0. The smallest absolute Gasteiger partial charge is 0.251 e. The van der Waals surface area contributed by atoms with E-state index in [1.54, 1.807) is 18.2 Å². The summed E-state index contributed by atoms with van der Waals surface area (Å²) in [5.41, 5.74) is 3.43. The van der Waals surface area contributed by atoms with Crippen LogP contribution in [0.1, 0.15) is 35.3 Å². The summed E-state index contributed by atoms with van der Waals surface area (Å²) in [6.45, 7) is 4.14. The Morgan fingerprint density at radius 3 is 2.38 bits per heavy atom. The van der Waals surface area contributed by atoms with Crippen molar-refractivity contribution in [3.63, 3.8) is 0 Å². The van der Waals surface area contributed by atoms with Gasteiger partial charge in [-0.05, 0) is 42.2 Å². The normalized spacial score (nSPS) is 11.9. The molecule has 0 bridgehead atoms. The van der Waals surface area contributed by atoms with Gasteiger partial charge in [-0.25, -0.2) is 0 Å². The van der Waals surface area contributed by atoms with E-state index in [4.69, 9.17) is 9.47 Å². The Morgan fingerprint density at radius 2 is 1.69 bits per heavy atom. The molecule has 3 rings (SSSR count). The minimum absolute atomic E-state index is 0.103. The molecule has 0 radical (unpaired) electrons. The van der Waals surface area contributed by atoms with Gasteiger partial charge in [-0.1, -0.05) is 32.0 Å². The van der Waals surface area contributed by atoms with Gasteiger partial charge in [0.1, 0.15) is 0 Å². The van der Waals surface area contributed by atoms with Crippen molar-refractivity contribution in [1.29, 1.82) is 0 Å². The van der Waals surface area contributed by atoms with Gasteiger partial charge in [0.25, 0.3) is 5.91 Å². The van der Waals surface area contributed by atoms with Crippen LogP contribution in [0.2, 0.25) is 0 Å². The lowest BCUT2D eigenvalue weighted by Gasteiger charge is -2.14. The van der Waals surface area contributed by atoms with Crippen molar-refractivity contribution in [2.45, 2.75) is 26.7 Å². The SMILES string of the molecule is CCc1cccc(CC)c1NC(=O)CNC(=O)c1ccc2c(c1)OCO2. The van der Waals surface area contributed by atoms with Crippen LogP contribution < -0.4 is 20.1 Å². The van der Waals surface area contributed by atoms with Gasteiger partial charge in [0.05, 0.1) is 6.54 Å². The maximum absolute atomic E-state index is 12.3. The molecule has 0 aromatic heterocycles. The molecule has 0 fully saturated rings. The number of amides is 2. The number of carbonyl (C=O) groups is 2. The van der Waals surface area contributed by atoms with E-state index in [2.05, 4.69) is 10.6 Å². The van der Waals surface area contributed by atoms with Crippen molar-refractivity contribution in [3.8, 4) is 11.5 Å². The molecule has 26 heavy (non-hydrogen) atoms. The van der Waals surface area contributed by atoms with Crippen LogP contribution in [0.4, 0.5) is 5.69 Å². The summed E-state index contributed by atoms with van der Waals surface area (Å²) >= 11 is 0. The van der Waals surface area contributed by atoms with Crippen LogP contribution in [-0.4, -0.2) is 25.2 Å². The number of aryl methyl sites for hydroxylation is 2. The lowest BCUT2D eigenvalue weighted by Crippen LogP contribution is -2.33. The highest BCUT2D eigenvalue weighted by atomic mass is 16.7. The Bertz CT molecular complexity index is 810. The van der Waals surface area contributed by atoms with Gasteiger partial charge in [0.15, 0.2) is 11.5 Å². The molecule has 0 atom stereocenters. The zero-order valence-corrected chi connectivity index (χ0v) is 14.9. The van der Waals surface area contributed by atoms with E-state index in [1.165, 1.54) is 0 Å². The lowest BCUT2D eigenvalue weighted by atomic mass is 10.0. The van der Waals surface area contributed by atoms with Gasteiger partial charge >= 0.3 is 0 Å².